The van der Waals surface area contributed by atoms with E-state index in [-0.39, 0.29) is 11.1 Å². The van der Waals surface area contributed by atoms with Crippen LogP contribution in [0.25, 0.3) is 0 Å². The second-order valence-corrected chi connectivity index (χ2v) is 6.84. The van der Waals surface area contributed by atoms with Crippen molar-refractivity contribution in [2.45, 2.75) is 0 Å². The van der Waals surface area contributed by atoms with Crippen LogP contribution in [0.1, 0.15) is 10.4 Å². The number of hydrogen-bond acceptors (Lipinski definition) is 7. The van der Waals surface area contributed by atoms with E-state index in [1.54, 1.807) is 37.6 Å². The fourth-order valence-electron chi connectivity index (χ4n) is 3.37. The van der Waals surface area contributed by atoms with Gasteiger partial charge in [0.05, 0.1) is 31.2 Å². The Labute approximate surface area is 181 Å². The number of benzene rings is 2. The van der Waals surface area contributed by atoms with E-state index in [4.69, 9.17) is 9.47 Å². The van der Waals surface area contributed by atoms with Gasteiger partial charge in [0, 0.05) is 32.4 Å². The van der Waals surface area contributed by atoms with Gasteiger partial charge in [-0.25, -0.2) is 4.79 Å². The Morgan fingerprint density at radius 2 is 1.71 bits per heavy atom. The van der Waals surface area contributed by atoms with E-state index in [9.17, 15) is 14.9 Å². The largest absolute Gasteiger partial charge is 0.495 e. The van der Waals surface area contributed by atoms with Crippen molar-refractivity contribution in [3.63, 3.8) is 0 Å². The highest BCUT2D eigenvalue weighted by Crippen LogP contribution is 2.28. The molecule has 8 heteroatoms. The molecule has 0 aliphatic carbocycles. The molecule has 0 unspecified atom stereocenters. The molecule has 2 aromatic carbocycles. The van der Waals surface area contributed by atoms with Gasteiger partial charge in [-0.05, 0) is 24.3 Å². The summed E-state index contributed by atoms with van der Waals surface area (Å²) in [7, 11) is 2.92. The molecule has 0 radical (unpaired) electrons. The zero-order valence-corrected chi connectivity index (χ0v) is 17.5. The summed E-state index contributed by atoms with van der Waals surface area (Å²) < 4.78 is 10.2. The average Bonchev–Trinajstić information content (AvgIpc) is 2.82. The first-order valence-electron chi connectivity index (χ1n) is 9.80. The Hall–Kier alpha value is -3.99. The Kier molecular flexibility index (Phi) is 7.12. The second kappa shape index (κ2) is 10.2. The Balaban J connectivity index is 1.67. The SMILES string of the molecule is COC(=O)c1ccccc1NC(=O)/C(C#N)=C\N1CCN(c2ccccc2OC)CC1. The molecule has 0 spiro atoms. The van der Waals surface area contributed by atoms with Crippen LogP contribution >= 0.6 is 0 Å². The van der Waals surface area contributed by atoms with Gasteiger partial charge in [-0.2, -0.15) is 5.26 Å². The van der Waals surface area contributed by atoms with Gasteiger partial charge in [0.25, 0.3) is 5.91 Å². The number of carbonyl (C=O) groups excluding carboxylic acids is 2. The Morgan fingerprint density at radius 3 is 2.39 bits per heavy atom. The molecule has 8 nitrogen and oxygen atoms in total. The average molecular weight is 420 g/mol. The van der Waals surface area contributed by atoms with E-state index in [2.05, 4.69) is 10.2 Å². The van der Waals surface area contributed by atoms with Crippen LogP contribution in [-0.4, -0.2) is 57.2 Å². The van der Waals surface area contributed by atoms with Gasteiger partial charge < -0.3 is 24.6 Å². The normalized spacial score (nSPS) is 13.9. The van der Waals surface area contributed by atoms with E-state index in [1.165, 1.54) is 7.11 Å². The maximum Gasteiger partial charge on any atom is 0.339 e. The van der Waals surface area contributed by atoms with Crippen LogP contribution in [-0.2, 0) is 9.53 Å². The van der Waals surface area contributed by atoms with Crippen molar-refractivity contribution in [2.75, 3.05) is 50.6 Å². The van der Waals surface area contributed by atoms with Gasteiger partial charge in [-0.1, -0.05) is 24.3 Å². The quantitative estimate of drug-likeness (QED) is 0.436. The summed E-state index contributed by atoms with van der Waals surface area (Å²) in [6.45, 7) is 2.75. The fraction of sp³-hybridized carbons (Fsp3) is 0.261. The predicted molar refractivity (Wildman–Crippen MR) is 117 cm³/mol. The molecule has 1 aliphatic heterocycles. The summed E-state index contributed by atoms with van der Waals surface area (Å²) in [5.74, 6) is -0.329. The number of amides is 1. The number of esters is 1. The van der Waals surface area contributed by atoms with E-state index in [0.717, 1.165) is 24.5 Å². The van der Waals surface area contributed by atoms with Crippen molar-refractivity contribution < 1.29 is 19.1 Å². The number of rotatable bonds is 6. The molecular formula is C23H24N4O4. The summed E-state index contributed by atoms with van der Waals surface area (Å²) in [5.41, 5.74) is 1.50. The molecular weight excluding hydrogens is 396 g/mol. The highest BCUT2D eigenvalue weighted by atomic mass is 16.5. The summed E-state index contributed by atoms with van der Waals surface area (Å²) in [6, 6.07) is 16.3. The summed E-state index contributed by atoms with van der Waals surface area (Å²) >= 11 is 0. The van der Waals surface area contributed by atoms with Crippen LogP contribution in [0.4, 0.5) is 11.4 Å². The van der Waals surface area contributed by atoms with Crippen LogP contribution in [0.2, 0.25) is 0 Å². The first-order chi connectivity index (χ1) is 15.1. The number of methoxy groups -OCH3 is 2. The van der Waals surface area contributed by atoms with Gasteiger partial charge in [0.15, 0.2) is 0 Å². The first-order valence-corrected chi connectivity index (χ1v) is 9.80. The van der Waals surface area contributed by atoms with Crippen LogP contribution in [0.3, 0.4) is 0 Å². The molecule has 160 valence electrons. The summed E-state index contributed by atoms with van der Waals surface area (Å²) in [4.78, 5) is 28.7. The van der Waals surface area contributed by atoms with E-state index < -0.39 is 11.9 Å². The van der Waals surface area contributed by atoms with Gasteiger partial charge in [0.2, 0.25) is 0 Å². The minimum absolute atomic E-state index is 0.0367. The lowest BCUT2D eigenvalue weighted by Crippen LogP contribution is -2.44. The second-order valence-electron chi connectivity index (χ2n) is 6.84. The number of nitrogens with one attached hydrogen (secondary N) is 1. The minimum Gasteiger partial charge on any atom is -0.495 e. The molecule has 0 saturated carbocycles. The molecule has 1 heterocycles. The number of ether oxygens (including phenoxy) is 2. The zero-order valence-electron chi connectivity index (χ0n) is 17.5. The van der Waals surface area contributed by atoms with Crippen LogP contribution < -0.4 is 15.0 Å². The number of nitriles is 1. The van der Waals surface area contributed by atoms with Gasteiger partial charge in [-0.15, -0.1) is 0 Å². The predicted octanol–water partition coefficient (Wildman–Crippen LogP) is 2.65. The van der Waals surface area contributed by atoms with E-state index >= 15 is 0 Å². The van der Waals surface area contributed by atoms with Gasteiger partial charge in [0.1, 0.15) is 17.4 Å². The van der Waals surface area contributed by atoms with Gasteiger partial charge in [-0.3, -0.25) is 4.79 Å². The van der Waals surface area contributed by atoms with Crippen molar-refractivity contribution in [3.8, 4) is 11.8 Å². The smallest absolute Gasteiger partial charge is 0.339 e. The fourth-order valence-corrected chi connectivity index (χ4v) is 3.37. The van der Waals surface area contributed by atoms with E-state index in [1.807, 2.05) is 35.2 Å². The number of carbonyl (C=O) groups is 2. The number of anilines is 2. The molecule has 0 bridgehead atoms. The minimum atomic E-state index is -0.578. The molecule has 1 saturated heterocycles. The lowest BCUT2D eigenvalue weighted by molar-refractivity contribution is -0.112. The lowest BCUT2D eigenvalue weighted by Gasteiger charge is -2.36. The molecule has 2 aromatic rings. The highest BCUT2D eigenvalue weighted by Gasteiger charge is 2.20. The first kappa shape index (κ1) is 21.7. The number of hydrogen-bond donors (Lipinski definition) is 1. The van der Waals surface area contributed by atoms with Crippen molar-refractivity contribution in [3.05, 3.63) is 65.9 Å². The van der Waals surface area contributed by atoms with E-state index in [0.29, 0.717) is 18.8 Å². The molecule has 3 rings (SSSR count). The molecule has 1 fully saturated rings. The zero-order chi connectivity index (χ0) is 22.2. The molecule has 0 aromatic heterocycles. The topological polar surface area (TPSA) is 94.9 Å². The maximum absolute atomic E-state index is 12.6. The Morgan fingerprint density at radius 1 is 1.03 bits per heavy atom. The third-order valence-electron chi connectivity index (χ3n) is 5.00. The van der Waals surface area contributed by atoms with Crippen molar-refractivity contribution in [1.29, 1.82) is 5.26 Å². The Bertz CT molecular complexity index is 1020. The van der Waals surface area contributed by atoms with Crippen molar-refractivity contribution in [2.24, 2.45) is 0 Å². The molecule has 1 aliphatic rings. The van der Waals surface area contributed by atoms with Crippen molar-refractivity contribution >= 4 is 23.3 Å². The number of nitrogens with zero attached hydrogens (tertiary/aromatic N) is 3. The van der Waals surface area contributed by atoms with Crippen LogP contribution in [0.15, 0.2) is 60.3 Å². The van der Waals surface area contributed by atoms with Crippen molar-refractivity contribution in [1.82, 2.24) is 4.90 Å². The summed E-state index contributed by atoms with van der Waals surface area (Å²) in [6.07, 6.45) is 1.57. The van der Waals surface area contributed by atoms with Crippen LogP contribution in [0.5, 0.6) is 5.75 Å². The molecule has 1 N–H and O–H groups in total. The maximum atomic E-state index is 12.6. The molecule has 0 atom stereocenters. The number of piperazine rings is 1. The molecule has 1 amide bonds. The highest BCUT2D eigenvalue weighted by molar-refractivity contribution is 6.09. The number of para-hydroxylation sites is 3. The standard InChI is InChI=1S/C23H24N4O4/c1-30-21-10-6-5-9-20(21)27-13-11-26(12-14-27)16-17(15-24)22(28)25-19-8-4-3-7-18(19)23(29)31-2/h3-10,16H,11-14H2,1-2H3,(H,25,28)/b17-16-. The van der Waals surface area contributed by atoms with Gasteiger partial charge >= 0.3 is 5.97 Å². The third-order valence-corrected chi connectivity index (χ3v) is 5.00. The lowest BCUT2D eigenvalue weighted by atomic mass is 10.1. The van der Waals surface area contributed by atoms with Crippen LogP contribution in [0, 0.1) is 11.3 Å². The summed E-state index contributed by atoms with van der Waals surface area (Å²) in [5, 5.41) is 12.1. The monoisotopic (exact) mass is 420 g/mol. The third kappa shape index (κ3) is 5.14. The molecule has 31 heavy (non-hydrogen) atoms.